The monoisotopic (exact) mass is 298 g/mol. The lowest BCUT2D eigenvalue weighted by atomic mass is 10.1. The predicted octanol–water partition coefficient (Wildman–Crippen LogP) is 3.49. The number of aromatic carboxylic acids is 1. The van der Waals surface area contributed by atoms with Gasteiger partial charge in [0.1, 0.15) is 18.1 Å². The molecule has 0 aliphatic carbocycles. The Labute approximate surface area is 129 Å². The molecule has 0 heterocycles. The van der Waals surface area contributed by atoms with Gasteiger partial charge in [-0.25, -0.2) is 4.79 Å². The second kappa shape index (κ2) is 7.41. The Balaban J connectivity index is 1.88. The van der Waals surface area contributed by atoms with Crippen LogP contribution in [0.2, 0.25) is 0 Å². The molecule has 0 aliphatic rings. The van der Waals surface area contributed by atoms with Crippen molar-refractivity contribution in [3.8, 4) is 5.75 Å². The Morgan fingerprint density at radius 2 is 1.55 bits per heavy atom. The van der Waals surface area contributed by atoms with Crippen molar-refractivity contribution in [2.45, 2.75) is 26.4 Å². The summed E-state index contributed by atoms with van der Waals surface area (Å²) in [5.41, 5.74) is 2.28. The number of Topliss-reactive ketones (excluding diaryl/α,β-unsaturated/α-hetero) is 1. The molecule has 0 atom stereocenters. The van der Waals surface area contributed by atoms with Crippen LogP contribution < -0.4 is 4.74 Å². The third-order valence-electron chi connectivity index (χ3n) is 3.30. The van der Waals surface area contributed by atoms with Crippen molar-refractivity contribution in [3.63, 3.8) is 0 Å². The summed E-state index contributed by atoms with van der Waals surface area (Å²) in [6.07, 6.45) is 1.29. The number of benzene rings is 2. The summed E-state index contributed by atoms with van der Waals surface area (Å²) in [5.74, 6) is -0.00682. The topological polar surface area (TPSA) is 63.6 Å². The van der Waals surface area contributed by atoms with Gasteiger partial charge in [-0.1, -0.05) is 24.3 Å². The average Bonchev–Trinajstić information content (AvgIpc) is 2.52. The van der Waals surface area contributed by atoms with Crippen molar-refractivity contribution in [1.82, 2.24) is 0 Å². The minimum atomic E-state index is -0.936. The quantitative estimate of drug-likeness (QED) is 0.850. The van der Waals surface area contributed by atoms with Gasteiger partial charge in [0.2, 0.25) is 0 Å². The Bertz CT molecular complexity index is 642. The zero-order chi connectivity index (χ0) is 15.9. The molecule has 4 nitrogen and oxygen atoms in total. The molecule has 0 aliphatic heterocycles. The van der Waals surface area contributed by atoms with Crippen molar-refractivity contribution in [2.24, 2.45) is 0 Å². The number of rotatable bonds is 7. The first-order valence-electron chi connectivity index (χ1n) is 7.08. The molecular formula is C18H18O4. The summed E-state index contributed by atoms with van der Waals surface area (Å²) in [6, 6.07) is 14.3. The van der Waals surface area contributed by atoms with Gasteiger partial charge < -0.3 is 14.6 Å². The van der Waals surface area contributed by atoms with E-state index in [2.05, 4.69) is 0 Å². The molecule has 0 spiro atoms. The van der Waals surface area contributed by atoms with E-state index in [1.54, 1.807) is 31.2 Å². The summed E-state index contributed by atoms with van der Waals surface area (Å²) in [5, 5.41) is 8.84. The molecule has 0 saturated heterocycles. The van der Waals surface area contributed by atoms with Crippen molar-refractivity contribution in [2.75, 3.05) is 0 Å². The SMILES string of the molecule is CC(=O)CCc1ccc(OCc2ccc(C(=O)O)cc2)cc1. The predicted molar refractivity (Wildman–Crippen MR) is 83.2 cm³/mol. The van der Waals surface area contributed by atoms with Crippen LogP contribution in [0.5, 0.6) is 5.75 Å². The normalized spacial score (nSPS) is 10.2. The molecule has 22 heavy (non-hydrogen) atoms. The Kier molecular flexibility index (Phi) is 5.31. The van der Waals surface area contributed by atoms with Crippen molar-refractivity contribution in [1.29, 1.82) is 0 Å². The Hall–Kier alpha value is -2.62. The van der Waals surface area contributed by atoms with Crippen LogP contribution in [0.1, 0.15) is 34.8 Å². The van der Waals surface area contributed by atoms with E-state index in [1.807, 2.05) is 24.3 Å². The molecule has 0 fully saturated rings. The number of aryl methyl sites for hydroxylation is 1. The molecule has 2 aromatic rings. The van der Waals surface area contributed by atoms with E-state index in [0.29, 0.717) is 13.0 Å². The van der Waals surface area contributed by atoms with Gasteiger partial charge in [0.15, 0.2) is 0 Å². The average molecular weight is 298 g/mol. The van der Waals surface area contributed by atoms with E-state index in [9.17, 15) is 9.59 Å². The third-order valence-corrected chi connectivity index (χ3v) is 3.30. The molecule has 1 N–H and O–H groups in total. The van der Waals surface area contributed by atoms with Gasteiger partial charge in [0.05, 0.1) is 5.56 Å². The van der Waals surface area contributed by atoms with Gasteiger partial charge in [0, 0.05) is 6.42 Å². The molecule has 114 valence electrons. The number of carboxylic acids is 1. The number of carbonyl (C=O) groups excluding carboxylic acids is 1. The summed E-state index contributed by atoms with van der Waals surface area (Å²) < 4.78 is 5.66. The van der Waals surface area contributed by atoms with E-state index >= 15 is 0 Å². The molecular weight excluding hydrogens is 280 g/mol. The van der Waals surface area contributed by atoms with Crippen LogP contribution in [-0.4, -0.2) is 16.9 Å². The molecule has 0 amide bonds. The number of carboxylic acid groups (broad SMARTS) is 1. The fraction of sp³-hybridized carbons (Fsp3) is 0.222. The number of ketones is 1. The van der Waals surface area contributed by atoms with E-state index in [-0.39, 0.29) is 11.3 Å². The van der Waals surface area contributed by atoms with Crippen LogP contribution in [0.4, 0.5) is 0 Å². The summed E-state index contributed by atoms with van der Waals surface area (Å²) >= 11 is 0. The van der Waals surface area contributed by atoms with Crippen LogP contribution in [0.15, 0.2) is 48.5 Å². The highest BCUT2D eigenvalue weighted by atomic mass is 16.5. The van der Waals surface area contributed by atoms with Gasteiger partial charge in [-0.3, -0.25) is 0 Å². The minimum Gasteiger partial charge on any atom is -0.489 e. The molecule has 0 saturated carbocycles. The Morgan fingerprint density at radius 3 is 2.09 bits per heavy atom. The first-order chi connectivity index (χ1) is 10.5. The van der Waals surface area contributed by atoms with Crippen molar-refractivity contribution >= 4 is 11.8 Å². The first-order valence-corrected chi connectivity index (χ1v) is 7.08. The molecule has 2 aromatic carbocycles. The van der Waals surface area contributed by atoms with Crippen LogP contribution in [0.3, 0.4) is 0 Å². The Morgan fingerprint density at radius 1 is 0.955 bits per heavy atom. The number of carbonyl (C=O) groups is 2. The van der Waals surface area contributed by atoms with Crippen LogP contribution in [0, 0.1) is 0 Å². The zero-order valence-electron chi connectivity index (χ0n) is 12.4. The lowest BCUT2D eigenvalue weighted by molar-refractivity contribution is -0.116. The van der Waals surface area contributed by atoms with Gasteiger partial charge in [-0.05, 0) is 48.7 Å². The van der Waals surface area contributed by atoms with Crippen LogP contribution >= 0.6 is 0 Å². The highest BCUT2D eigenvalue weighted by molar-refractivity contribution is 5.87. The van der Waals surface area contributed by atoms with Crippen molar-refractivity contribution in [3.05, 3.63) is 65.2 Å². The summed E-state index contributed by atoms with van der Waals surface area (Å²) in [4.78, 5) is 21.7. The second-order valence-electron chi connectivity index (χ2n) is 5.14. The van der Waals surface area contributed by atoms with E-state index < -0.39 is 5.97 Å². The number of ether oxygens (including phenoxy) is 1. The van der Waals surface area contributed by atoms with Crippen LogP contribution in [-0.2, 0) is 17.8 Å². The van der Waals surface area contributed by atoms with Crippen molar-refractivity contribution < 1.29 is 19.4 Å². The standard InChI is InChI=1S/C18H18O4/c1-13(19)2-3-14-6-10-17(11-7-14)22-12-15-4-8-16(9-5-15)18(20)21/h4-11H,2-3,12H2,1H3,(H,20,21). The maximum absolute atomic E-state index is 10.9. The fourth-order valence-corrected chi connectivity index (χ4v) is 1.98. The first kappa shape index (κ1) is 15.8. The molecule has 0 unspecified atom stereocenters. The highest BCUT2D eigenvalue weighted by Gasteiger charge is 2.03. The lowest BCUT2D eigenvalue weighted by Crippen LogP contribution is -1.99. The molecule has 0 bridgehead atoms. The van der Waals surface area contributed by atoms with Gasteiger partial charge in [0.25, 0.3) is 0 Å². The highest BCUT2D eigenvalue weighted by Crippen LogP contribution is 2.15. The molecule has 2 rings (SSSR count). The summed E-state index contributed by atoms with van der Waals surface area (Å²) in [6.45, 7) is 1.97. The van der Waals surface area contributed by atoms with Gasteiger partial charge in [-0.2, -0.15) is 0 Å². The summed E-state index contributed by atoms with van der Waals surface area (Å²) in [7, 11) is 0. The number of hydrogen-bond donors (Lipinski definition) is 1. The maximum atomic E-state index is 10.9. The minimum absolute atomic E-state index is 0.185. The van der Waals surface area contributed by atoms with E-state index in [4.69, 9.17) is 9.84 Å². The lowest BCUT2D eigenvalue weighted by Gasteiger charge is -2.07. The van der Waals surface area contributed by atoms with Crippen LogP contribution in [0.25, 0.3) is 0 Å². The zero-order valence-corrected chi connectivity index (χ0v) is 12.4. The fourth-order valence-electron chi connectivity index (χ4n) is 1.98. The smallest absolute Gasteiger partial charge is 0.335 e. The molecule has 4 heteroatoms. The van der Waals surface area contributed by atoms with Gasteiger partial charge >= 0.3 is 5.97 Å². The largest absolute Gasteiger partial charge is 0.489 e. The third kappa shape index (κ3) is 4.74. The molecule has 0 radical (unpaired) electrons. The number of hydrogen-bond acceptors (Lipinski definition) is 3. The van der Waals surface area contributed by atoms with Gasteiger partial charge in [-0.15, -0.1) is 0 Å². The molecule has 0 aromatic heterocycles. The second-order valence-corrected chi connectivity index (χ2v) is 5.14. The maximum Gasteiger partial charge on any atom is 0.335 e. The van der Waals surface area contributed by atoms with E-state index in [0.717, 1.165) is 23.3 Å². The van der Waals surface area contributed by atoms with E-state index in [1.165, 1.54) is 0 Å².